The molecule has 2 aromatic carbocycles. The van der Waals surface area contributed by atoms with Crippen molar-refractivity contribution in [2.45, 2.75) is 33.9 Å². The normalized spacial score (nSPS) is 10.6. The first-order valence-corrected chi connectivity index (χ1v) is 9.60. The second kappa shape index (κ2) is 9.28. The van der Waals surface area contributed by atoms with Crippen LogP contribution < -0.4 is 9.47 Å². The van der Waals surface area contributed by atoms with E-state index in [0.717, 1.165) is 28.3 Å². The van der Waals surface area contributed by atoms with Crippen molar-refractivity contribution in [1.29, 1.82) is 0 Å². The van der Waals surface area contributed by atoms with Gasteiger partial charge in [-0.1, -0.05) is 29.4 Å². The highest BCUT2D eigenvalue weighted by Gasteiger charge is 2.18. The number of carbonyl (C=O) groups is 1. The molecule has 0 saturated heterocycles. The quantitative estimate of drug-likeness (QED) is 0.561. The van der Waals surface area contributed by atoms with Crippen molar-refractivity contribution in [3.05, 3.63) is 76.7 Å². The van der Waals surface area contributed by atoms with Crippen LogP contribution in [0.4, 0.5) is 0 Å². The second-order valence-corrected chi connectivity index (χ2v) is 6.83. The van der Waals surface area contributed by atoms with E-state index < -0.39 is 0 Å². The lowest BCUT2D eigenvalue weighted by molar-refractivity contribution is 0.0780. The zero-order valence-corrected chi connectivity index (χ0v) is 17.3. The van der Waals surface area contributed by atoms with Crippen molar-refractivity contribution in [3.63, 3.8) is 0 Å². The van der Waals surface area contributed by atoms with Gasteiger partial charge in [-0.25, -0.2) is 0 Å². The highest BCUT2D eigenvalue weighted by molar-refractivity contribution is 5.96. The highest BCUT2D eigenvalue weighted by Crippen LogP contribution is 2.23. The van der Waals surface area contributed by atoms with Crippen LogP contribution in [0.25, 0.3) is 0 Å². The van der Waals surface area contributed by atoms with E-state index in [9.17, 15) is 4.79 Å². The molecule has 0 radical (unpaired) electrons. The van der Waals surface area contributed by atoms with E-state index in [1.165, 1.54) is 0 Å². The van der Waals surface area contributed by atoms with Crippen LogP contribution in [0, 0.1) is 13.8 Å². The van der Waals surface area contributed by atoms with Crippen molar-refractivity contribution in [1.82, 2.24) is 10.1 Å². The molecule has 0 spiro atoms. The van der Waals surface area contributed by atoms with Crippen LogP contribution in [0.1, 0.15) is 39.9 Å². The Balaban J connectivity index is 1.70. The van der Waals surface area contributed by atoms with Crippen molar-refractivity contribution in [3.8, 4) is 11.5 Å². The Morgan fingerprint density at radius 1 is 1.07 bits per heavy atom. The summed E-state index contributed by atoms with van der Waals surface area (Å²) in [5.74, 6) is 1.98. The minimum absolute atomic E-state index is 0.103. The SMILES string of the molecule is CCOc1ccc(CN(C)C(=O)c2ccccc2OCc2c(C)noc2C)cc1. The van der Waals surface area contributed by atoms with E-state index in [2.05, 4.69) is 5.16 Å². The molecule has 0 fully saturated rings. The number of aryl methyl sites for hydroxylation is 2. The third-order valence-corrected chi connectivity index (χ3v) is 4.67. The fourth-order valence-electron chi connectivity index (χ4n) is 3.04. The Labute approximate surface area is 171 Å². The van der Waals surface area contributed by atoms with Crippen LogP contribution in [0.3, 0.4) is 0 Å². The maximum atomic E-state index is 13.0. The Hall–Kier alpha value is -3.28. The summed E-state index contributed by atoms with van der Waals surface area (Å²) >= 11 is 0. The van der Waals surface area contributed by atoms with Gasteiger partial charge in [-0.15, -0.1) is 0 Å². The molecule has 0 unspecified atom stereocenters. The van der Waals surface area contributed by atoms with E-state index in [1.807, 2.05) is 57.2 Å². The Morgan fingerprint density at radius 3 is 2.45 bits per heavy atom. The molecule has 152 valence electrons. The van der Waals surface area contributed by atoms with Crippen LogP contribution in [0.5, 0.6) is 11.5 Å². The lowest BCUT2D eigenvalue weighted by atomic mass is 10.1. The number of para-hydroxylation sites is 1. The maximum absolute atomic E-state index is 13.0. The average molecular weight is 394 g/mol. The molecule has 3 aromatic rings. The van der Waals surface area contributed by atoms with Crippen LogP contribution in [0.15, 0.2) is 53.1 Å². The highest BCUT2D eigenvalue weighted by atomic mass is 16.5. The summed E-state index contributed by atoms with van der Waals surface area (Å²) in [4.78, 5) is 14.7. The van der Waals surface area contributed by atoms with Gasteiger partial charge in [-0.2, -0.15) is 0 Å². The van der Waals surface area contributed by atoms with E-state index in [0.29, 0.717) is 31.1 Å². The van der Waals surface area contributed by atoms with Crippen LogP contribution >= 0.6 is 0 Å². The number of carbonyl (C=O) groups excluding carboxylic acids is 1. The van der Waals surface area contributed by atoms with Crippen molar-refractivity contribution < 1.29 is 18.8 Å². The van der Waals surface area contributed by atoms with Gasteiger partial charge in [0, 0.05) is 13.6 Å². The lowest BCUT2D eigenvalue weighted by Crippen LogP contribution is -2.26. The van der Waals surface area contributed by atoms with Crippen molar-refractivity contribution >= 4 is 5.91 Å². The summed E-state index contributed by atoms with van der Waals surface area (Å²) in [6, 6.07) is 15.0. The van der Waals surface area contributed by atoms with Crippen LogP contribution in [0.2, 0.25) is 0 Å². The van der Waals surface area contributed by atoms with Crippen molar-refractivity contribution in [2.75, 3.05) is 13.7 Å². The fraction of sp³-hybridized carbons (Fsp3) is 0.304. The molecular weight excluding hydrogens is 368 g/mol. The number of benzene rings is 2. The first-order chi connectivity index (χ1) is 14.0. The number of hydrogen-bond acceptors (Lipinski definition) is 5. The van der Waals surface area contributed by atoms with Gasteiger partial charge in [0.25, 0.3) is 5.91 Å². The molecule has 29 heavy (non-hydrogen) atoms. The number of hydrogen-bond donors (Lipinski definition) is 0. The molecule has 6 nitrogen and oxygen atoms in total. The molecule has 0 N–H and O–H groups in total. The maximum Gasteiger partial charge on any atom is 0.257 e. The van der Waals surface area contributed by atoms with Gasteiger partial charge in [-0.3, -0.25) is 4.79 Å². The zero-order chi connectivity index (χ0) is 20.8. The molecule has 1 amide bonds. The van der Waals surface area contributed by atoms with E-state index >= 15 is 0 Å². The number of ether oxygens (including phenoxy) is 2. The molecular formula is C23H26N2O4. The Morgan fingerprint density at radius 2 is 1.79 bits per heavy atom. The summed E-state index contributed by atoms with van der Waals surface area (Å²) in [7, 11) is 1.78. The number of amides is 1. The third-order valence-electron chi connectivity index (χ3n) is 4.67. The van der Waals surface area contributed by atoms with E-state index in [1.54, 1.807) is 24.1 Å². The predicted octanol–water partition coefficient (Wildman–Crippen LogP) is 4.54. The van der Waals surface area contributed by atoms with Gasteiger partial charge in [0.2, 0.25) is 0 Å². The molecule has 0 aliphatic heterocycles. The number of nitrogens with zero attached hydrogens (tertiary/aromatic N) is 2. The smallest absolute Gasteiger partial charge is 0.257 e. The molecule has 1 heterocycles. The standard InChI is InChI=1S/C23H26N2O4/c1-5-27-19-12-10-18(11-13-19)14-25(4)23(26)20-8-6-7-9-22(20)28-15-21-16(2)24-29-17(21)3/h6-13H,5,14-15H2,1-4H3. The molecule has 0 atom stereocenters. The van der Waals surface area contributed by atoms with Gasteiger partial charge >= 0.3 is 0 Å². The van der Waals surface area contributed by atoms with Crippen LogP contribution in [-0.4, -0.2) is 29.6 Å². The Bertz CT molecular complexity index is 944. The van der Waals surface area contributed by atoms with E-state index in [4.69, 9.17) is 14.0 Å². The minimum Gasteiger partial charge on any atom is -0.494 e. The molecule has 0 bridgehead atoms. The number of aromatic nitrogens is 1. The zero-order valence-electron chi connectivity index (χ0n) is 17.3. The lowest BCUT2D eigenvalue weighted by Gasteiger charge is -2.19. The molecule has 0 saturated carbocycles. The first-order valence-electron chi connectivity index (χ1n) is 9.60. The fourth-order valence-corrected chi connectivity index (χ4v) is 3.04. The van der Waals surface area contributed by atoms with Gasteiger partial charge < -0.3 is 18.9 Å². The minimum atomic E-state index is -0.103. The molecule has 0 aliphatic rings. The largest absolute Gasteiger partial charge is 0.494 e. The monoisotopic (exact) mass is 394 g/mol. The summed E-state index contributed by atoms with van der Waals surface area (Å²) in [5.41, 5.74) is 3.24. The predicted molar refractivity (Wildman–Crippen MR) is 110 cm³/mol. The second-order valence-electron chi connectivity index (χ2n) is 6.83. The molecule has 3 rings (SSSR count). The van der Waals surface area contributed by atoms with Gasteiger partial charge in [0.05, 0.1) is 23.4 Å². The summed E-state index contributed by atoms with van der Waals surface area (Å²) in [6.45, 7) is 7.09. The van der Waals surface area contributed by atoms with Crippen LogP contribution in [-0.2, 0) is 13.2 Å². The van der Waals surface area contributed by atoms with Gasteiger partial charge in [0.1, 0.15) is 23.9 Å². The summed E-state index contributed by atoms with van der Waals surface area (Å²) in [6.07, 6.45) is 0. The van der Waals surface area contributed by atoms with Crippen molar-refractivity contribution in [2.24, 2.45) is 0 Å². The summed E-state index contributed by atoms with van der Waals surface area (Å²) < 4.78 is 16.6. The Kier molecular flexibility index (Phi) is 6.54. The number of rotatable bonds is 8. The first kappa shape index (κ1) is 20.5. The molecule has 1 aromatic heterocycles. The third kappa shape index (κ3) is 4.96. The molecule has 6 heteroatoms. The molecule has 0 aliphatic carbocycles. The van der Waals surface area contributed by atoms with Gasteiger partial charge in [-0.05, 0) is 50.6 Å². The van der Waals surface area contributed by atoms with E-state index in [-0.39, 0.29) is 5.91 Å². The average Bonchev–Trinajstić information content (AvgIpc) is 3.05. The van der Waals surface area contributed by atoms with Gasteiger partial charge in [0.15, 0.2) is 0 Å². The topological polar surface area (TPSA) is 64.8 Å². The summed E-state index contributed by atoms with van der Waals surface area (Å²) in [5, 5.41) is 3.94.